The molecule has 0 radical (unpaired) electrons. The minimum atomic E-state index is 0.559. The maximum absolute atomic E-state index is 5.63. The van der Waals surface area contributed by atoms with Crippen LogP contribution in [0.2, 0.25) is 0 Å². The fraction of sp³-hybridized carbons (Fsp3) is 0.625. The highest BCUT2D eigenvalue weighted by molar-refractivity contribution is 5.50. The Morgan fingerprint density at radius 3 is 2.65 bits per heavy atom. The Hall–Kier alpha value is -1.26. The molecule has 0 bridgehead atoms. The van der Waals surface area contributed by atoms with Gasteiger partial charge in [0.05, 0.1) is 20.8 Å². The maximum atomic E-state index is 5.63. The molecule has 4 nitrogen and oxygen atoms in total. The van der Waals surface area contributed by atoms with E-state index in [2.05, 4.69) is 5.32 Å². The Morgan fingerprint density at radius 2 is 2.05 bits per heavy atom. The van der Waals surface area contributed by atoms with Crippen molar-refractivity contribution in [1.82, 2.24) is 5.32 Å². The van der Waals surface area contributed by atoms with Gasteiger partial charge >= 0.3 is 0 Å². The van der Waals surface area contributed by atoms with Crippen molar-refractivity contribution in [3.63, 3.8) is 0 Å². The standard InChI is InChI=1S/C16H25NO3/c1-18-11-13-6-7-15(19-2)14(16(13)20-3)9-12-5-4-8-17-10-12/h6-7,12,17H,4-5,8-11H2,1-3H3. The third-order valence-electron chi connectivity index (χ3n) is 3.91. The third-order valence-corrected chi connectivity index (χ3v) is 3.91. The first kappa shape index (κ1) is 15.1. The van der Waals surface area contributed by atoms with Crippen molar-refractivity contribution in [2.75, 3.05) is 34.4 Å². The normalized spacial score (nSPS) is 18.9. The number of methoxy groups -OCH3 is 3. The predicted octanol–water partition coefficient (Wildman–Crippen LogP) is 2.39. The summed E-state index contributed by atoms with van der Waals surface area (Å²) in [7, 11) is 5.14. The molecule has 0 amide bonds. The molecule has 1 unspecified atom stereocenters. The summed E-state index contributed by atoms with van der Waals surface area (Å²) < 4.78 is 16.4. The molecule has 0 aromatic heterocycles. The molecule has 1 aliphatic heterocycles. The molecule has 1 atom stereocenters. The van der Waals surface area contributed by atoms with Gasteiger partial charge in [0, 0.05) is 18.2 Å². The van der Waals surface area contributed by atoms with Crippen molar-refractivity contribution in [3.8, 4) is 11.5 Å². The molecule has 1 heterocycles. The number of rotatable bonds is 6. The summed E-state index contributed by atoms with van der Waals surface area (Å²) in [4.78, 5) is 0. The van der Waals surface area contributed by atoms with Gasteiger partial charge < -0.3 is 19.5 Å². The van der Waals surface area contributed by atoms with Crippen molar-refractivity contribution < 1.29 is 14.2 Å². The van der Waals surface area contributed by atoms with E-state index in [1.807, 2.05) is 12.1 Å². The van der Waals surface area contributed by atoms with E-state index < -0.39 is 0 Å². The smallest absolute Gasteiger partial charge is 0.131 e. The van der Waals surface area contributed by atoms with E-state index in [0.717, 1.165) is 36.6 Å². The van der Waals surface area contributed by atoms with Crippen LogP contribution in [0.1, 0.15) is 24.0 Å². The minimum absolute atomic E-state index is 0.559. The lowest BCUT2D eigenvalue weighted by atomic mass is 9.90. The van der Waals surface area contributed by atoms with Crippen LogP contribution in [0.3, 0.4) is 0 Å². The molecular weight excluding hydrogens is 254 g/mol. The van der Waals surface area contributed by atoms with Gasteiger partial charge in [0.1, 0.15) is 11.5 Å². The van der Waals surface area contributed by atoms with Gasteiger partial charge in [-0.25, -0.2) is 0 Å². The predicted molar refractivity (Wildman–Crippen MR) is 79.6 cm³/mol. The summed E-state index contributed by atoms with van der Waals surface area (Å²) in [5.41, 5.74) is 2.24. The molecule has 1 saturated heterocycles. The molecule has 0 aliphatic carbocycles. The molecule has 112 valence electrons. The second-order valence-electron chi connectivity index (χ2n) is 5.29. The monoisotopic (exact) mass is 279 g/mol. The van der Waals surface area contributed by atoms with Gasteiger partial charge in [0.2, 0.25) is 0 Å². The minimum Gasteiger partial charge on any atom is -0.496 e. The zero-order chi connectivity index (χ0) is 14.4. The van der Waals surface area contributed by atoms with Gasteiger partial charge in [-0.1, -0.05) is 0 Å². The maximum Gasteiger partial charge on any atom is 0.131 e. The fourth-order valence-electron chi connectivity index (χ4n) is 2.95. The van der Waals surface area contributed by atoms with E-state index in [4.69, 9.17) is 14.2 Å². The number of piperidine rings is 1. The molecule has 0 saturated carbocycles. The van der Waals surface area contributed by atoms with E-state index in [0.29, 0.717) is 12.5 Å². The summed E-state index contributed by atoms with van der Waals surface area (Å²) in [6.07, 6.45) is 3.48. The number of benzene rings is 1. The highest BCUT2D eigenvalue weighted by Gasteiger charge is 2.20. The first-order valence-electron chi connectivity index (χ1n) is 7.22. The van der Waals surface area contributed by atoms with E-state index in [9.17, 15) is 0 Å². The number of ether oxygens (including phenoxy) is 3. The highest BCUT2D eigenvalue weighted by Crippen LogP contribution is 2.35. The van der Waals surface area contributed by atoms with Gasteiger partial charge in [-0.15, -0.1) is 0 Å². The quantitative estimate of drug-likeness (QED) is 0.868. The van der Waals surface area contributed by atoms with Crippen LogP contribution in [0.4, 0.5) is 0 Å². The Labute approximate surface area is 121 Å². The summed E-state index contributed by atoms with van der Waals surface area (Å²) in [6, 6.07) is 4.03. The van der Waals surface area contributed by atoms with Crippen LogP contribution in [0, 0.1) is 5.92 Å². The van der Waals surface area contributed by atoms with E-state index in [1.54, 1.807) is 21.3 Å². The molecule has 1 fully saturated rings. The van der Waals surface area contributed by atoms with Gasteiger partial charge in [-0.2, -0.15) is 0 Å². The van der Waals surface area contributed by atoms with Gasteiger partial charge in [-0.3, -0.25) is 0 Å². The van der Waals surface area contributed by atoms with Crippen molar-refractivity contribution in [3.05, 3.63) is 23.3 Å². The lowest BCUT2D eigenvalue weighted by molar-refractivity contribution is 0.181. The lowest BCUT2D eigenvalue weighted by Gasteiger charge is -2.25. The Balaban J connectivity index is 2.28. The summed E-state index contributed by atoms with van der Waals surface area (Å²) in [5.74, 6) is 2.47. The van der Waals surface area contributed by atoms with Crippen LogP contribution in [-0.4, -0.2) is 34.4 Å². The first-order valence-corrected chi connectivity index (χ1v) is 7.22. The largest absolute Gasteiger partial charge is 0.496 e. The summed E-state index contributed by atoms with van der Waals surface area (Å²) in [6.45, 7) is 2.76. The van der Waals surface area contributed by atoms with Gasteiger partial charge in [0.25, 0.3) is 0 Å². The molecule has 1 aliphatic rings. The summed E-state index contributed by atoms with van der Waals surface area (Å²) >= 11 is 0. The van der Waals surface area contributed by atoms with Crippen molar-refractivity contribution in [2.45, 2.75) is 25.9 Å². The first-order chi connectivity index (χ1) is 9.80. The van der Waals surface area contributed by atoms with Crippen molar-refractivity contribution in [1.29, 1.82) is 0 Å². The number of nitrogens with one attached hydrogen (secondary N) is 1. The van der Waals surface area contributed by atoms with Gasteiger partial charge in [0.15, 0.2) is 0 Å². The number of hydrogen-bond acceptors (Lipinski definition) is 4. The van der Waals surface area contributed by atoms with Crippen LogP contribution in [0.25, 0.3) is 0 Å². The number of hydrogen-bond donors (Lipinski definition) is 1. The molecule has 1 N–H and O–H groups in total. The van der Waals surface area contributed by atoms with Crippen LogP contribution in [0.5, 0.6) is 11.5 Å². The van der Waals surface area contributed by atoms with Crippen LogP contribution in [0.15, 0.2) is 12.1 Å². The lowest BCUT2D eigenvalue weighted by Crippen LogP contribution is -2.31. The SMILES string of the molecule is COCc1ccc(OC)c(CC2CCCNC2)c1OC. The molecule has 2 rings (SSSR count). The topological polar surface area (TPSA) is 39.7 Å². The van der Waals surface area contributed by atoms with E-state index >= 15 is 0 Å². The van der Waals surface area contributed by atoms with Crippen LogP contribution in [-0.2, 0) is 17.8 Å². The Kier molecular flexibility index (Phi) is 5.68. The molecule has 4 heteroatoms. The van der Waals surface area contributed by atoms with Crippen LogP contribution >= 0.6 is 0 Å². The molecule has 20 heavy (non-hydrogen) atoms. The van der Waals surface area contributed by atoms with Crippen molar-refractivity contribution >= 4 is 0 Å². The van der Waals surface area contributed by atoms with Crippen molar-refractivity contribution in [2.24, 2.45) is 5.92 Å². The molecule has 0 spiro atoms. The zero-order valence-corrected chi connectivity index (χ0v) is 12.7. The average Bonchev–Trinajstić information content (AvgIpc) is 2.49. The average molecular weight is 279 g/mol. The van der Waals surface area contributed by atoms with Crippen LogP contribution < -0.4 is 14.8 Å². The molecular formula is C16H25NO3. The Bertz CT molecular complexity index is 428. The van der Waals surface area contributed by atoms with Gasteiger partial charge in [-0.05, 0) is 50.4 Å². The molecule has 1 aromatic rings. The molecule has 1 aromatic carbocycles. The highest BCUT2D eigenvalue weighted by atomic mass is 16.5. The zero-order valence-electron chi connectivity index (χ0n) is 12.7. The third kappa shape index (κ3) is 3.44. The fourth-order valence-corrected chi connectivity index (χ4v) is 2.95. The van der Waals surface area contributed by atoms with E-state index in [1.165, 1.54) is 18.4 Å². The summed E-state index contributed by atoms with van der Waals surface area (Å²) in [5, 5.41) is 3.46. The second kappa shape index (κ2) is 7.50. The Morgan fingerprint density at radius 1 is 1.20 bits per heavy atom. The van der Waals surface area contributed by atoms with E-state index in [-0.39, 0.29) is 0 Å². The second-order valence-corrected chi connectivity index (χ2v) is 5.29.